The van der Waals surface area contributed by atoms with Crippen LogP contribution in [0.25, 0.3) is 0 Å². The molecule has 2 unspecified atom stereocenters. The molecule has 0 saturated heterocycles. The number of carboxylic acids is 1. The summed E-state index contributed by atoms with van der Waals surface area (Å²) in [6.45, 7) is 2.00. The molecule has 2 aromatic carbocycles. The molecule has 0 bridgehead atoms. The second-order valence-corrected chi connectivity index (χ2v) is 6.85. The van der Waals surface area contributed by atoms with Crippen molar-refractivity contribution in [3.8, 4) is 17.2 Å². The summed E-state index contributed by atoms with van der Waals surface area (Å²) >= 11 is 0. The number of carboxylic acid groups (broad SMARTS) is 1. The van der Waals surface area contributed by atoms with Crippen molar-refractivity contribution in [3.05, 3.63) is 47.5 Å². The van der Waals surface area contributed by atoms with Crippen LogP contribution in [0.15, 0.2) is 36.4 Å². The van der Waals surface area contributed by atoms with E-state index in [1.54, 1.807) is 25.1 Å². The van der Waals surface area contributed by atoms with Crippen LogP contribution in [0.1, 0.15) is 24.5 Å². The second kappa shape index (κ2) is 5.39. The smallest absolute Gasteiger partial charge is 0.326 e. The van der Waals surface area contributed by atoms with E-state index in [4.69, 9.17) is 14.2 Å². The van der Waals surface area contributed by atoms with Gasteiger partial charge in [-0.2, -0.15) is 0 Å². The third-order valence-electron chi connectivity index (χ3n) is 5.57. The Kier molecular flexibility index (Phi) is 3.19. The van der Waals surface area contributed by atoms with Crippen molar-refractivity contribution in [2.24, 2.45) is 0 Å². The Hall–Kier alpha value is -3.22. The zero-order valence-corrected chi connectivity index (χ0v) is 14.6. The molecule has 0 saturated carbocycles. The summed E-state index contributed by atoms with van der Waals surface area (Å²) in [5, 5.41) is 9.67. The molecule has 138 valence electrons. The normalized spacial score (nSPS) is 22.6. The van der Waals surface area contributed by atoms with Gasteiger partial charge in [-0.15, -0.1) is 0 Å². The number of nitrogens with zero attached hydrogens (tertiary/aromatic N) is 1. The van der Waals surface area contributed by atoms with Gasteiger partial charge in [-0.25, -0.2) is 4.79 Å². The van der Waals surface area contributed by atoms with E-state index in [-0.39, 0.29) is 19.3 Å². The van der Waals surface area contributed by atoms with Crippen molar-refractivity contribution in [2.75, 3.05) is 18.3 Å². The van der Waals surface area contributed by atoms with Gasteiger partial charge in [0.25, 0.3) is 0 Å². The Bertz CT molecular complexity index is 986. The number of fused-ring (bicyclic) bond motifs is 5. The Morgan fingerprint density at radius 3 is 2.63 bits per heavy atom. The zero-order chi connectivity index (χ0) is 18.8. The Labute approximate surface area is 155 Å². The summed E-state index contributed by atoms with van der Waals surface area (Å²) < 4.78 is 16.8. The van der Waals surface area contributed by atoms with Crippen LogP contribution in [0.3, 0.4) is 0 Å². The number of anilines is 1. The monoisotopic (exact) mass is 367 g/mol. The molecule has 3 aliphatic heterocycles. The minimum atomic E-state index is -1.07. The number of rotatable bonds is 3. The summed E-state index contributed by atoms with van der Waals surface area (Å²) in [7, 11) is 0. The van der Waals surface area contributed by atoms with E-state index < -0.39 is 17.4 Å². The number of carbonyl (C=O) groups excluding carboxylic acids is 1. The molecule has 5 rings (SSSR count). The highest BCUT2D eigenvalue weighted by Gasteiger charge is 2.59. The maximum atomic E-state index is 13.7. The van der Waals surface area contributed by atoms with Crippen LogP contribution in [-0.2, 0) is 15.0 Å². The Morgan fingerprint density at radius 1 is 1.15 bits per heavy atom. The standard InChI is InChI=1S/C20H17NO6/c1-2-13(18(22)23)21-14-6-4-3-5-11(14)20(19(21)24)9-25-15-8-17-16(7-12(15)20)26-10-27-17/h3-8,13H,2,9-10H2,1H3,(H,22,23). The number of para-hydroxylation sites is 1. The summed E-state index contributed by atoms with van der Waals surface area (Å²) in [4.78, 5) is 26.9. The lowest BCUT2D eigenvalue weighted by Crippen LogP contribution is -2.49. The van der Waals surface area contributed by atoms with E-state index in [2.05, 4.69) is 0 Å². The third kappa shape index (κ3) is 1.91. The minimum absolute atomic E-state index is 0.119. The number of ether oxygens (including phenoxy) is 3. The molecule has 3 heterocycles. The molecule has 7 heteroatoms. The van der Waals surface area contributed by atoms with Gasteiger partial charge in [0.05, 0.1) is 0 Å². The van der Waals surface area contributed by atoms with Crippen molar-refractivity contribution in [1.29, 1.82) is 0 Å². The molecule has 1 amide bonds. The number of hydrogen-bond acceptors (Lipinski definition) is 5. The van der Waals surface area contributed by atoms with Crippen LogP contribution in [0, 0.1) is 0 Å². The summed E-state index contributed by atoms with van der Waals surface area (Å²) in [5.74, 6) is 0.400. The lowest BCUT2D eigenvalue weighted by Gasteiger charge is -2.27. The second-order valence-electron chi connectivity index (χ2n) is 6.85. The van der Waals surface area contributed by atoms with Crippen LogP contribution in [0.2, 0.25) is 0 Å². The highest BCUT2D eigenvalue weighted by molar-refractivity contribution is 6.14. The van der Waals surface area contributed by atoms with Crippen LogP contribution in [-0.4, -0.2) is 36.4 Å². The van der Waals surface area contributed by atoms with Gasteiger partial charge in [0.2, 0.25) is 12.7 Å². The first-order chi connectivity index (χ1) is 13.1. The molecular weight excluding hydrogens is 350 g/mol. The van der Waals surface area contributed by atoms with Crippen LogP contribution in [0.4, 0.5) is 5.69 Å². The minimum Gasteiger partial charge on any atom is -0.491 e. The van der Waals surface area contributed by atoms with Gasteiger partial charge in [-0.1, -0.05) is 25.1 Å². The molecule has 1 spiro atoms. The summed E-state index contributed by atoms with van der Waals surface area (Å²) in [6.07, 6.45) is 0.306. The Balaban J connectivity index is 1.74. The molecule has 27 heavy (non-hydrogen) atoms. The van der Waals surface area contributed by atoms with Crippen LogP contribution in [0.5, 0.6) is 17.2 Å². The van der Waals surface area contributed by atoms with E-state index in [1.807, 2.05) is 18.2 Å². The lowest BCUT2D eigenvalue weighted by atomic mass is 9.77. The maximum absolute atomic E-state index is 13.7. The SMILES string of the molecule is CCC(C(=O)O)N1C(=O)C2(COc3cc4c(cc32)OCO4)c2ccccc21. The third-order valence-corrected chi connectivity index (χ3v) is 5.57. The topological polar surface area (TPSA) is 85.3 Å². The van der Waals surface area contributed by atoms with Crippen molar-refractivity contribution in [1.82, 2.24) is 0 Å². The van der Waals surface area contributed by atoms with Gasteiger partial charge >= 0.3 is 5.97 Å². The first-order valence-corrected chi connectivity index (χ1v) is 8.81. The van der Waals surface area contributed by atoms with Crippen molar-refractivity contribution in [3.63, 3.8) is 0 Å². The fourth-order valence-corrected chi connectivity index (χ4v) is 4.29. The quantitative estimate of drug-likeness (QED) is 0.896. The Morgan fingerprint density at radius 2 is 1.89 bits per heavy atom. The maximum Gasteiger partial charge on any atom is 0.326 e. The molecule has 1 N–H and O–H groups in total. The van der Waals surface area contributed by atoms with Gasteiger partial charge in [0.1, 0.15) is 23.8 Å². The average Bonchev–Trinajstić information content (AvgIpc) is 3.33. The molecule has 0 aromatic heterocycles. The molecule has 2 aromatic rings. The van der Waals surface area contributed by atoms with E-state index in [0.29, 0.717) is 34.9 Å². The van der Waals surface area contributed by atoms with Gasteiger partial charge in [-0.05, 0) is 24.1 Å². The van der Waals surface area contributed by atoms with E-state index >= 15 is 0 Å². The highest BCUT2D eigenvalue weighted by atomic mass is 16.7. The van der Waals surface area contributed by atoms with Gasteiger partial charge in [0, 0.05) is 17.3 Å². The molecule has 0 fully saturated rings. The van der Waals surface area contributed by atoms with E-state index in [0.717, 1.165) is 5.56 Å². The van der Waals surface area contributed by atoms with E-state index in [9.17, 15) is 14.7 Å². The van der Waals surface area contributed by atoms with E-state index in [1.165, 1.54) is 4.90 Å². The average molecular weight is 367 g/mol. The molecule has 7 nitrogen and oxygen atoms in total. The van der Waals surface area contributed by atoms with Crippen molar-refractivity contribution in [2.45, 2.75) is 24.8 Å². The fourth-order valence-electron chi connectivity index (χ4n) is 4.29. The zero-order valence-electron chi connectivity index (χ0n) is 14.6. The molecule has 0 radical (unpaired) electrons. The number of hydrogen-bond donors (Lipinski definition) is 1. The predicted molar refractivity (Wildman–Crippen MR) is 94.5 cm³/mol. The molecule has 2 atom stereocenters. The van der Waals surface area contributed by atoms with Gasteiger partial charge in [-0.3, -0.25) is 9.69 Å². The number of amides is 1. The molecule has 3 aliphatic rings. The predicted octanol–water partition coefficient (Wildman–Crippen LogP) is 2.30. The largest absolute Gasteiger partial charge is 0.491 e. The van der Waals surface area contributed by atoms with Crippen molar-refractivity contribution < 1.29 is 28.9 Å². The molecular formula is C20H17NO6. The molecule has 0 aliphatic carbocycles. The first kappa shape index (κ1) is 16.0. The van der Waals surface area contributed by atoms with Gasteiger partial charge in [0.15, 0.2) is 11.5 Å². The van der Waals surface area contributed by atoms with Crippen molar-refractivity contribution >= 4 is 17.6 Å². The summed E-state index contributed by atoms with van der Waals surface area (Å²) in [6, 6.07) is 9.90. The fraction of sp³-hybridized carbons (Fsp3) is 0.300. The lowest BCUT2D eigenvalue weighted by molar-refractivity contribution is -0.140. The van der Waals surface area contributed by atoms with Crippen LogP contribution >= 0.6 is 0 Å². The first-order valence-electron chi connectivity index (χ1n) is 8.81. The van der Waals surface area contributed by atoms with Gasteiger partial charge < -0.3 is 19.3 Å². The number of carbonyl (C=O) groups is 2. The van der Waals surface area contributed by atoms with Crippen LogP contribution < -0.4 is 19.1 Å². The highest BCUT2D eigenvalue weighted by Crippen LogP contribution is 2.55. The number of benzene rings is 2. The number of aliphatic carboxylic acids is 1. The summed E-state index contributed by atoms with van der Waals surface area (Å²) in [5.41, 5.74) is 0.987.